The van der Waals surface area contributed by atoms with Gasteiger partial charge in [0, 0.05) is 11.3 Å². The lowest BCUT2D eigenvalue weighted by molar-refractivity contribution is -0.921. The Labute approximate surface area is 103 Å². The Hall–Kier alpha value is -1.35. The van der Waals surface area contributed by atoms with Crippen LogP contribution < -0.4 is 9.80 Å². The van der Waals surface area contributed by atoms with Crippen molar-refractivity contribution in [1.29, 1.82) is 0 Å². The molecule has 1 fully saturated rings. The number of piperazine rings is 1. The highest BCUT2D eigenvalue weighted by atomic mass is 16.1. The zero-order valence-electron chi connectivity index (χ0n) is 10.6. The molecule has 0 bridgehead atoms. The van der Waals surface area contributed by atoms with Gasteiger partial charge in [-0.1, -0.05) is 0 Å². The molecule has 1 heterocycles. The van der Waals surface area contributed by atoms with Gasteiger partial charge in [0.1, 0.15) is 6.29 Å². The molecule has 1 aromatic carbocycles. The third-order valence-electron chi connectivity index (χ3n) is 3.62. The van der Waals surface area contributed by atoms with Crippen LogP contribution in [0.4, 0.5) is 5.69 Å². The van der Waals surface area contributed by atoms with Crippen LogP contribution in [0.15, 0.2) is 24.3 Å². The lowest BCUT2D eigenvalue weighted by atomic mass is 10.2. The summed E-state index contributed by atoms with van der Waals surface area (Å²) in [4.78, 5) is 14.7. The number of nitrogens with zero attached hydrogens (tertiary/aromatic N) is 1. The molecular formula is C14H21N2O+. The second-order valence-electron chi connectivity index (χ2n) is 5.01. The van der Waals surface area contributed by atoms with Crippen LogP contribution in [0.3, 0.4) is 0 Å². The van der Waals surface area contributed by atoms with Crippen LogP contribution in [0, 0.1) is 0 Å². The molecule has 92 valence electrons. The Morgan fingerprint density at radius 3 is 2.24 bits per heavy atom. The van der Waals surface area contributed by atoms with Gasteiger partial charge in [-0.2, -0.15) is 0 Å². The average Bonchev–Trinajstić information content (AvgIpc) is 2.39. The monoisotopic (exact) mass is 233 g/mol. The van der Waals surface area contributed by atoms with E-state index in [-0.39, 0.29) is 0 Å². The number of carbonyl (C=O) groups excluding carboxylic acids is 1. The van der Waals surface area contributed by atoms with Crippen LogP contribution >= 0.6 is 0 Å². The number of nitrogens with one attached hydrogen (secondary N) is 1. The van der Waals surface area contributed by atoms with Crippen molar-refractivity contribution >= 4 is 12.0 Å². The van der Waals surface area contributed by atoms with Gasteiger partial charge in [-0.3, -0.25) is 4.79 Å². The van der Waals surface area contributed by atoms with Crippen molar-refractivity contribution in [3.8, 4) is 0 Å². The molecule has 0 aromatic heterocycles. The Morgan fingerprint density at radius 1 is 1.18 bits per heavy atom. The van der Waals surface area contributed by atoms with E-state index in [2.05, 4.69) is 18.7 Å². The fourth-order valence-electron chi connectivity index (χ4n) is 2.39. The van der Waals surface area contributed by atoms with Crippen molar-refractivity contribution < 1.29 is 9.69 Å². The second kappa shape index (κ2) is 5.32. The second-order valence-corrected chi connectivity index (χ2v) is 5.01. The highest BCUT2D eigenvalue weighted by Crippen LogP contribution is 2.14. The summed E-state index contributed by atoms with van der Waals surface area (Å²) in [5.41, 5.74) is 1.98. The van der Waals surface area contributed by atoms with Crippen molar-refractivity contribution in [2.75, 3.05) is 31.1 Å². The molecule has 0 amide bonds. The normalized spacial score (nSPS) is 17.5. The molecule has 0 spiro atoms. The lowest BCUT2D eigenvalue weighted by Crippen LogP contribution is -3.17. The van der Waals surface area contributed by atoms with Gasteiger partial charge in [0.05, 0.1) is 32.2 Å². The smallest absolute Gasteiger partial charge is 0.150 e. The number of hydrogen-bond acceptors (Lipinski definition) is 2. The third-order valence-corrected chi connectivity index (χ3v) is 3.62. The minimum absolute atomic E-state index is 0.717. The zero-order valence-corrected chi connectivity index (χ0v) is 10.6. The summed E-state index contributed by atoms with van der Waals surface area (Å²) in [7, 11) is 0. The van der Waals surface area contributed by atoms with E-state index < -0.39 is 0 Å². The number of anilines is 1. The van der Waals surface area contributed by atoms with Gasteiger partial charge in [-0.05, 0) is 38.1 Å². The quantitative estimate of drug-likeness (QED) is 0.774. The molecule has 0 atom stereocenters. The summed E-state index contributed by atoms with van der Waals surface area (Å²) in [5.74, 6) is 0. The van der Waals surface area contributed by atoms with Crippen LogP contribution in [-0.4, -0.2) is 38.5 Å². The highest BCUT2D eigenvalue weighted by molar-refractivity contribution is 5.75. The summed E-state index contributed by atoms with van der Waals surface area (Å²) in [6.07, 6.45) is 0.893. The topological polar surface area (TPSA) is 24.8 Å². The molecule has 2 rings (SSSR count). The van der Waals surface area contributed by atoms with Gasteiger partial charge < -0.3 is 9.80 Å². The van der Waals surface area contributed by atoms with Crippen LogP contribution in [0.1, 0.15) is 24.2 Å². The van der Waals surface area contributed by atoms with Gasteiger partial charge in [-0.25, -0.2) is 0 Å². The number of rotatable bonds is 3. The highest BCUT2D eigenvalue weighted by Gasteiger charge is 2.21. The number of quaternary nitrogens is 1. The van der Waals surface area contributed by atoms with Crippen molar-refractivity contribution in [3.05, 3.63) is 29.8 Å². The Morgan fingerprint density at radius 2 is 1.76 bits per heavy atom. The zero-order chi connectivity index (χ0) is 12.3. The molecule has 17 heavy (non-hydrogen) atoms. The van der Waals surface area contributed by atoms with E-state index in [0.29, 0.717) is 0 Å². The van der Waals surface area contributed by atoms with Crippen molar-refractivity contribution in [2.24, 2.45) is 0 Å². The molecule has 1 aromatic rings. The van der Waals surface area contributed by atoms with Crippen molar-refractivity contribution in [2.45, 2.75) is 19.9 Å². The lowest BCUT2D eigenvalue weighted by Gasteiger charge is -2.35. The predicted molar refractivity (Wildman–Crippen MR) is 69.9 cm³/mol. The summed E-state index contributed by atoms with van der Waals surface area (Å²) in [5, 5.41) is 0. The van der Waals surface area contributed by atoms with Gasteiger partial charge in [0.15, 0.2) is 0 Å². The van der Waals surface area contributed by atoms with Crippen LogP contribution in [0.5, 0.6) is 0 Å². The van der Waals surface area contributed by atoms with Gasteiger partial charge >= 0.3 is 0 Å². The van der Waals surface area contributed by atoms with E-state index >= 15 is 0 Å². The molecular weight excluding hydrogens is 212 g/mol. The fourth-order valence-corrected chi connectivity index (χ4v) is 2.39. The molecule has 0 saturated carbocycles. The minimum atomic E-state index is 0.717. The molecule has 1 aliphatic heterocycles. The Kier molecular flexibility index (Phi) is 3.79. The number of carbonyl (C=O) groups is 1. The Bertz CT molecular complexity index is 364. The van der Waals surface area contributed by atoms with Gasteiger partial charge in [0.2, 0.25) is 0 Å². The van der Waals surface area contributed by atoms with E-state index in [1.54, 1.807) is 4.90 Å². The minimum Gasteiger partial charge on any atom is -0.360 e. The molecule has 1 aliphatic rings. The first kappa shape index (κ1) is 12.1. The van der Waals surface area contributed by atoms with E-state index in [0.717, 1.165) is 31.0 Å². The first-order valence-corrected chi connectivity index (χ1v) is 6.35. The number of hydrogen-bond donors (Lipinski definition) is 1. The average molecular weight is 233 g/mol. The molecule has 1 N–H and O–H groups in total. The van der Waals surface area contributed by atoms with Gasteiger partial charge in [0.25, 0.3) is 0 Å². The van der Waals surface area contributed by atoms with Gasteiger partial charge in [-0.15, -0.1) is 0 Å². The fraction of sp³-hybridized carbons (Fsp3) is 0.500. The first-order valence-electron chi connectivity index (χ1n) is 6.35. The van der Waals surface area contributed by atoms with Crippen LogP contribution in [-0.2, 0) is 0 Å². The van der Waals surface area contributed by atoms with Crippen molar-refractivity contribution in [1.82, 2.24) is 0 Å². The van der Waals surface area contributed by atoms with Crippen molar-refractivity contribution in [3.63, 3.8) is 0 Å². The maximum atomic E-state index is 10.6. The number of benzene rings is 1. The molecule has 3 heteroatoms. The molecule has 0 unspecified atom stereocenters. The van der Waals surface area contributed by atoms with Crippen LogP contribution in [0.25, 0.3) is 0 Å². The molecule has 1 saturated heterocycles. The summed E-state index contributed by atoms with van der Waals surface area (Å²) in [6.45, 7) is 9.18. The van der Waals surface area contributed by atoms with E-state index in [1.807, 2.05) is 24.3 Å². The molecule has 0 radical (unpaired) electrons. The third kappa shape index (κ3) is 2.86. The first-order chi connectivity index (χ1) is 8.20. The van der Waals surface area contributed by atoms with E-state index in [9.17, 15) is 4.79 Å². The largest absolute Gasteiger partial charge is 0.360 e. The maximum Gasteiger partial charge on any atom is 0.150 e. The summed E-state index contributed by atoms with van der Waals surface area (Å²) >= 11 is 0. The maximum absolute atomic E-state index is 10.6. The standard InChI is InChI=1S/C14H20N2O/c1-12(2)15-7-9-16(10-8-15)14-5-3-13(11-17)4-6-14/h3-6,11-12H,7-10H2,1-2H3/p+1. The number of aldehydes is 1. The van der Waals surface area contributed by atoms with E-state index in [1.165, 1.54) is 18.8 Å². The van der Waals surface area contributed by atoms with Crippen LogP contribution in [0.2, 0.25) is 0 Å². The molecule has 0 aliphatic carbocycles. The predicted octanol–water partition coefficient (Wildman–Crippen LogP) is 0.612. The SMILES string of the molecule is CC(C)[NH+]1CCN(c2ccc(C=O)cc2)CC1. The van der Waals surface area contributed by atoms with E-state index in [4.69, 9.17) is 0 Å². The Balaban J connectivity index is 1.97. The summed E-state index contributed by atoms with van der Waals surface area (Å²) in [6, 6.07) is 8.59. The molecule has 3 nitrogen and oxygen atoms in total. The summed E-state index contributed by atoms with van der Waals surface area (Å²) < 4.78 is 0.